The highest BCUT2D eigenvalue weighted by Gasteiger charge is 2.44. The molecule has 2 fully saturated rings. The Hall–Kier alpha value is -5.87. The van der Waals surface area contributed by atoms with Gasteiger partial charge in [-0.25, -0.2) is 15.0 Å². The molecule has 5 heterocycles. The van der Waals surface area contributed by atoms with Gasteiger partial charge >= 0.3 is 0 Å². The van der Waals surface area contributed by atoms with Crippen molar-refractivity contribution in [3.8, 4) is 34.1 Å². The number of phenolic OH excluding ortho intramolecular Hbond substituents is 1. The predicted octanol–water partition coefficient (Wildman–Crippen LogP) is 5.99. The lowest BCUT2D eigenvalue weighted by Gasteiger charge is -2.25. The molecule has 244 valence electrons. The first-order valence-corrected chi connectivity index (χ1v) is 16.4. The van der Waals surface area contributed by atoms with Gasteiger partial charge in [0.25, 0.3) is 5.91 Å². The average Bonchev–Trinajstić information content (AvgIpc) is 3.85. The highest BCUT2D eigenvalue weighted by atomic mass is 16.3. The number of aromatic nitrogens is 4. The molecule has 10 nitrogen and oxygen atoms in total. The van der Waals surface area contributed by atoms with Crippen molar-refractivity contribution in [1.29, 1.82) is 0 Å². The molecule has 6 aromatic rings. The molecule has 1 spiro atoms. The second kappa shape index (κ2) is 12.3. The second-order valence-electron chi connectivity index (χ2n) is 13.1. The van der Waals surface area contributed by atoms with Crippen LogP contribution in [0.3, 0.4) is 0 Å². The molecule has 0 radical (unpaired) electrons. The van der Waals surface area contributed by atoms with Gasteiger partial charge in [-0.05, 0) is 79.5 Å². The number of rotatable bonds is 7. The van der Waals surface area contributed by atoms with E-state index < -0.39 is 0 Å². The normalized spacial score (nSPS) is 17.7. The fourth-order valence-electron chi connectivity index (χ4n) is 7.34. The Morgan fingerprint density at radius 2 is 1.71 bits per heavy atom. The van der Waals surface area contributed by atoms with Crippen LogP contribution >= 0.6 is 0 Å². The predicted molar refractivity (Wildman–Crippen MR) is 188 cm³/mol. The van der Waals surface area contributed by atoms with Crippen molar-refractivity contribution in [2.45, 2.75) is 19.4 Å². The number of benzene rings is 3. The molecule has 0 bridgehead atoms. The number of aromatic hydroxyl groups is 1. The maximum absolute atomic E-state index is 13.3. The zero-order chi connectivity index (χ0) is 33.5. The van der Waals surface area contributed by atoms with E-state index in [1.807, 2.05) is 59.5 Å². The summed E-state index contributed by atoms with van der Waals surface area (Å²) in [5.41, 5.74) is 13.2. The van der Waals surface area contributed by atoms with Crippen molar-refractivity contribution in [2.75, 3.05) is 31.9 Å². The minimum Gasteiger partial charge on any atom is -0.507 e. The second-order valence-corrected chi connectivity index (χ2v) is 13.1. The van der Waals surface area contributed by atoms with Crippen LogP contribution in [-0.2, 0) is 6.54 Å². The van der Waals surface area contributed by atoms with Crippen molar-refractivity contribution < 1.29 is 14.7 Å². The van der Waals surface area contributed by atoms with Gasteiger partial charge in [0.05, 0.1) is 16.8 Å². The molecule has 8 rings (SSSR count). The van der Waals surface area contributed by atoms with Crippen molar-refractivity contribution in [3.05, 3.63) is 120 Å². The Morgan fingerprint density at radius 1 is 0.898 bits per heavy atom. The summed E-state index contributed by atoms with van der Waals surface area (Å²) in [4.78, 5) is 43.3. The first-order chi connectivity index (χ1) is 23.9. The van der Waals surface area contributed by atoms with E-state index in [1.165, 1.54) is 17.7 Å². The number of nitrogen functional groups attached to an aromatic ring is 1. The van der Waals surface area contributed by atoms with Crippen LogP contribution in [0.15, 0.2) is 103 Å². The van der Waals surface area contributed by atoms with E-state index in [2.05, 4.69) is 38.7 Å². The zero-order valence-corrected chi connectivity index (χ0v) is 26.9. The lowest BCUT2D eigenvalue weighted by Crippen LogP contribution is -2.34. The summed E-state index contributed by atoms with van der Waals surface area (Å²) in [6.45, 7) is 4.05. The average molecular weight is 650 g/mol. The molecule has 3 aromatic heterocycles. The standard InChI is InChI=1S/C39H35N7O3/c40-35-31(7-4-18-41-35)36-43-33-14-13-32(27-5-2-1-3-6-27)42-37(33)46(36)30-11-8-26(9-12-30)22-44-19-16-39(24-44)17-20-45(25-39)38(49)28-10-15-34(48)29(21-28)23-47/h1-15,18,21,23,48H,16-17,19-20,22,24-25H2,(H2,40,41)/t39-/m1/s1. The molecule has 3 N–H and O–H groups in total. The molecular weight excluding hydrogens is 614 g/mol. The lowest BCUT2D eigenvalue weighted by molar-refractivity contribution is 0.0773. The third kappa shape index (κ3) is 5.70. The van der Waals surface area contributed by atoms with Gasteiger partial charge in [0.15, 0.2) is 17.8 Å². The van der Waals surface area contributed by atoms with Gasteiger partial charge in [-0.15, -0.1) is 0 Å². The Bertz CT molecular complexity index is 2200. The Balaban J connectivity index is 1.02. The van der Waals surface area contributed by atoms with Gasteiger partial charge in [-0.3, -0.25) is 19.1 Å². The zero-order valence-electron chi connectivity index (χ0n) is 26.9. The number of hydrogen-bond donors (Lipinski definition) is 2. The van der Waals surface area contributed by atoms with Gasteiger partial charge in [0.2, 0.25) is 0 Å². The molecule has 0 saturated carbocycles. The number of nitrogens with zero attached hydrogens (tertiary/aromatic N) is 6. The number of nitrogens with two attached hydrogens (primary N) is 1. The van der Waals surface area contributed by atoms with E-state index in [0.717, 1.165) is 66.1 Å². The Morgan fingerprint density at radius 3 is 2.51 bits per heavy atom. The molecule has 49 heavy (non-hydrogen) atoms. The summed E-state index contributed by atoms with van der Waals surface area (Å²) in [5, 5.41) is 9.85. The van der Waals surface area contributed by atoms with E-state index in [4.69, 9.17) is 15.7 Å². The van der Waals surface area contributed by atoms with Gasteiger partial charge in [0, 0.05) is 54.6 Å². The van der Waals surface area contributed by atoms with Crippen molar-refractivity contribution in [1.82, 2.24) is 29.3 Å². The highest BCUT2D eigenvalue weighted by Crippen LogP contribution is 2.41. The van der Waals surface area contributed by atoms with Crippen molar-refractivity contribution in [3.63, 3.8) is 0 Å². The summed E-state index contributed by atoms with van der Waals surface area (Å²) < 4.78 is 2.06. The molecular formula is C39H35N7O3. The fourth-order valence-corrected chi connectivity index (χ4v) is 7.34. The number of hydrogen-bond acceptors (Lipinski definition) is 8. The number of fused-ring (bicyclic) bond motifs is 1. The molecule has 3 aromatic carbocycles. The maximum Gasteiger partial charge on any atom is 0.253 e. The number of phenols is 1. The number of aldehydes is 1. The third-order valence-corrected chi connectivity index (χ3v) is 9.90. The third-order valence-electron chi connectivity index (χ3n) is 9.90. The van der Waals surface area contributed by atoms with Crippen LogP contribution in [0.25, 0.3) is 39.5 Å². The lowest BCUT2D eigenvalue weighted by atomic mass is 9.86. The van der Waals surface area contributed by atoms with Gasteiger partial charge in [-0.2, -0.15) is 0 Å². The Labute approximate surface area is 283 Å². The first-order valence-electron chi connectivity index (χ1n) is 16.4. The van der Waals surface area contributed by atoms with E-state index >= 15 is 0 Å². The number of pyridine rings is 2. The monoisotopic (exact) mass is 649 g/mol. The largest absolute Gasteiger partial charge is 0.507 e. The van der Waals surface area contributed by atoms with E-state index in [1.54, 1.807) is 12.3 Å². The number of amides is 1. The summed E-state index contributed by atoms with van der Waals surface area (Å²) >= 11 is 0. The quantitative estimate of drug-likeness (QED) is 0.202. The van der Waals surface area contributed by atoms with Gasteiger partial charge < -0.3 is 15.7 Å². The minimum absolute atomic E-state index is 0.0520. The number of carbonyl (C=O) groups excluding carboxylic acids is 2. The van der Waals surface area contributed by atoms with Crippen molar-refractivity contribution >= 4 is 29.2 Å². The summed E-state index contributed by atoms with van der Waals surface area (Å²) in [7, 11) is 0. The molecule has 10 heteroatoms. The van der Waals surface area contributed by atoms with Crippen LogP contribution in [0.4, 0.5) is 5.82 Å². The van der Waals surface area contributed by atoms with Gasteiger partial charge in [0.1, 0.15) is 17.1 Å². The summed E-state index contributed by atoms with van der Waals surface area (Å²) in [6, 6.07) is 30.9. The molecule has 0 unspecified atom stereocenters. The molecule has 2 aliphatic heterocycles. The molecule has 2 saturated heterocycles. The van der Waals surface area contributed by atoms with Crippen LogP contribution in [0, 0.1) is 5.41 Å². The Kier molecular flexibility index (Phi) is 7.64. The van der Waals surface area contributed by atoms with Crippen LogP contribution in [-0.4, -0.2) is 72.8 Å². The molecule has 0 aliphatic carbocycles. The van der Waals surface area contributed by atoms with Crippen LogP contribution in [0.2, 0.25) is 0 Å². The van der Waals surface area contributed by atoms with E-state index in [0.29, 0.717) is 36.6 Å². The number of anilines is 1. The number of likely N-dealkylation sites (tertiary alicyclic amines) is 2. The van der Waals surface area contributed by atoms with Crippen LogP contribution in [0.5, 0.6) is 5.75 Å². The SMILES string of the molecule is Nc1ncccc1-c1nc2ccc(-c3ccccc3)nc2n1-c1ccc(CN2CC[C@@]3(CCN(C(=O)c4ccc(O)c(C=O)c4)C3)C2)cc1. The first kappa shape index (κ1) is 30.5. The summed E-state index contributed by atoms with van der Waals surface area (Å²) in [5.74, 6) is 0.874. The molecule has 2 aliphatic rings. The smallest absolute Gasteiger partial charge is 0.253 e. The van der Waals surface area contributed by atoms with Gasteiger partial charge in [-0.1, -0.05) is 42.5 Å². The van der Waals surface area contributed by atoms with Crippen LogP contribution < -0.4 is 5.73 Å². The fraction of sp³-hybridized carbons (Fsp3) is 0.205. The van der Waals surface area contributed by atoms with E-state index in [-0.39, 0.29) is 22.6 Å². The topological polar surface area (TPSA) is 130 Å². The number of carbonyl (C=O) groups is 2. The molecule has 1 amide bonds. The minimum atomic E-state index is -0.116. The summed E-state index contributed by atoms with van der Waals surface area (Å²) in [6.07, 6.45) is 4.22. The number of imidazole rings is 1. The maximum atomic E-state index is 13.3. The highest BCUT2D eigenvalue weighted by molar-refractivity contribution is 5.96. The van der Waals surface area contributed by atoms with E-state index in [9.17, 15) is 14.7 Å². The van der Waals surface area contributed by atoms with Crippen LogP contribution in [0.1, 0.15) is 39.1 Å². The van der Waals surface area contributed by atoms with Crippen molar-refractivity contribution in [2.24, 2.45) is 5.41 Å². The molecule has 1 atom stereocenters.